The number of fused-ring (bicyclic) bond motifs is 1. The van der Waals surface area contributed by atoms with Crippen LogP contribution in [0.5, 0.6) is 11.5 Å². The fraction of sp³-hybridized carbons (Fsp3) is 0.423. The minimum Gasteiger partial charge on any atom is -0.504 e. The molecular formula is C26H31NO4. The second-order valence-corrected chi connectivity index (χ2v) is 8.59. The number of benzene rings is 2. The molecule has 5 nitrogen and oxygen atoms in total. The maximum atomic E-state index is 13.3. The Bertz CT molecular complexity index is 942. The molecule has 164 valence electrons. The third-order valence-electron chi connectivity index (χ3n) is 6.69. The first-order chi connectivity index (χ1) is 15.0. The van der Waals surface area contributed by atoms with E-state index in [4.69, 9.17) is 4.74 Å². The first-order valence-corrected chi connectivity index (χ1v) is 11.2. The number of hydrogen-bond donors (Lipinski definition) is 2. The van der Waals surface area contributed by atoms with Crippen LogP contribution in [-0.4, -0.2) is 39.8 Å². The van der Waals surface area contributed by atoms with E-state index < -0.39 is 5.60 Å². The molecule has 4 rings (SSSR count). The number of carbonyl (C=O) groups excluding carboxylic acids is 1. The molecule has 2 N–H and O–H groups in total. The number of likely N-dealkylation sites (tertiary alicyclic amines) is 1. The van der Waals surface area contributed by atoms with Crippen LogP contribution in [0, 0.1) is 5.92 Å². The van der Waals surface area contributed by atoms with E-state index in [1.807, 2.05) is 60.4 Å². The number of ether oxygens (including phenoxy) is 1. The highest BCUT2D eigenvalue weighted by Crippen LogP contribution is 2.50. The van der Waals surface area contributed by atoms with Gasteiger partial charge in [-0.15, -0.1) is 0 Å². The molecule has 2 aliphatic rings. The number of phenolic OH excluding ortho intramolecular Hbond substituents is 1. The summed E-state index contributed by atoms with van der Waals surface area (Å²) in [4.78, 5) is 15.2. The Morgan fingerprint density at radius 3 is 2.77 bits per heavy atom. The molecular weight excluding hydrogens is 390 g/mol. The fourth-order valence-electron chi connectivity index (χ4n) is 5.15. The zero-order chi connectivity index (χ0) is 21.8. The zero-order valence-corrected chi connectivity index (χ0v) is 18.0. The monoisotopic (exact) mass is 421 g/mol. The van der Waals surface area contributed by atoms with Gasteiger partial charge in [-0.1, -0.05) is 49.2 Å². The van der Waals surface area contributed by atoms with Gasteiger partial charge in [0, 0.05) is 18.5 Å². The van der Waals surface area contributed by atoms with Crippen molar-refractivity contribution in [1.82, 2.24) is 4.90 Å². The summed E-state index contributed by atoms with van der Waals surface area (Å²) >= 11 is 0. The van der Waals surface area contributed by atoms with E-state index in [-0.39, 0.29) is 23.6 Å². The molecule has 2 aromatic carbocycles. The highest BCUT2D eigenvalue weighted by molar-refractivity contribution is 5.92. The van der Waals surface area contributed by atoms with E-state index in [1.165, 1.54) is 0 Å². The number of rotatable bonds is 5. The predicted octanol–water partition coefficient (Wildman–Crippen LogP) is 4.70. The van der Waals surface area contributed by atoms with E-state index in [1.54, 1.807) is 12.1 Å². The standard InChI is InChI=1S/C26H31NO4/c1-2-31-23-18-20(12-13-22(23)28)25-21-10-6-7-15-26(21,30)16-17-27(25)24(29)14-11-19-8-4-3-5-9-19/h3-5,8-9,11-14,18,21,25,28,30H,2,6-7,10,15-17H2,1H3/b14-11+. The molecule has 0 spiro atoms. The fourth-order valence-corrected chi connectivity index (χ4v) is 5.15. The molecule has 0 bridgehead atoms. The van der Waals surface area contributed by atoms with Gasteiger partial charge in [-0.05, 0) is 55.5 Å². The third-order valence-corrected chi connectivity index (χ3v) is 6.69. The summed E-state index contributed by atoms with van der Waals surface area (Å²) in [6, 6.07) is 14.8. The van der Waals surface area contributed by atoms with Crippen LogP contribution in [0.1, 0.15) is 56.2 Å². The molecule has 1 saturated heterocycles. The Morgan fingerprint density at radius 2 is 2.00 bits per heavy atom. The molecule has 2 fully saturated rings. The van der Waals surface area contributed by atoms with Gasteiger partial charge in [0.15, 0.2) is 11.5 Å². The van der Waals surface area contributed by atoms with Crippen LogP contribution in [0.15, 0.2) is 54.6 Å². The second-order valence-electron chi connectivity index (χ2n) is 8.59. The van der Waals surface area contributed by atoms with Crippen LogP contribution in [-0.2, 0) is 4.79 Å². The van der Waals surface area contributed by atoms with Gasteiger partial charge in [-0.2, -0.15) is 0 Å². The molecule has 3 atom stereocenters. The zero-order valence-electron chi connectivity index (χ0n) is 18.0. The van der Waals surface area contributed by atoms with Crippen molar-refractivity contribution in [3.05, 3.63) is 65.7 Å². The number of nitrogens with zero attached hydrogens (tertiary/aromatic N) is 1. The Hall–Kier alpha value is -2.79. The Labute approximate surface area is 184 Å². The normalized spacial score (nSPS) is 25.9. The predicted molar refractivity (Wildman–Crippen MR) is 121 cm³/mol. The summed E-state index contributed by atoms with van der Waals surface area (Å²) < 4.78 is 5.60. The molecule has 1 amide bonds. The molecule has 1 saturated carbocycles. The van der Waals surface area contributed by atoms with Gasteiger partial charge in [0.25, 0.3) is 0 Å². The lowest BCUT2D eigenvalue weighted by atomic mass is 9.66. The van der Waals surface area contributed by atoms with Crippen LogP contribution in [0.4, 0.5) is 0 Å². The van der Waals surface area contributed by atoms with Gasteiger partial charge < -0.3 is 19.8 Å². The highest BCUT2D eigenvalue weighted by Gasteiger charge is 2.50. The summed E-state index contributed by atoms with van der Waals surface area (Å²) in [6.45, 7) is 2.81. The van der Waals surface area contributed by atoms with Crippen molar-refractivity contribution in [1.29, 1.82) is 0 Å². The Balaban J connectivity index is 1.69. The quantitative estimate of drug-likeness (QED) is 0.687. The topological polar surface area (TPSA) is 70.0 Å². The molecule has 0 aromatic heterocycles. The molecule has 1 aliphatic heterocycles. The summed E-state index contributed by atoms with van der Waals surface area (Å²) in [6.07, 6.45) is 7.76. The smallest absolute Gasteiger partial charge is 0.247 e. The summed E-state index contributed by atoms with van der Waals surface area (Å²) in [5.74, 6) is 0.398. The number of hydrogen-bond acceptors (Lipinski definition) is 4. The van der Waals surface area contributed by atoms with E-state index in [9.17, 15) is 15.0 Å². The van der Waals surface area contributed by atoms with Gasteiger partial charge in [-0.3, -0.25) is 4.79 Å². The average Bonchev–Trinajstić information content (AvgIpc) is 2.79. The maximum absolute atomic E-state index is 13.3. The Kier molecular flexibility index (Phi) is 6.33. The van der Waals surface area contributed by atoms with Crippen molar-refractivity contribution >= 4 is 12.0 Å². The number of carbonyl (C=O) groups is 1. The van der Waals surface area contributed by atoms with Gasteiger partial charge in [0.2, 0.25) is 5.91 Å². The SMILES string of the molecule is CCOc1cc(C2C3CCCCC3(O)CCN2C(=O)/C=C/c2ccccc2)ccc1O. The largest absolute Gasteiger partial charge is 0.504 e. The van der Waals surface area contributed by atoms with Crippen molar-refractivity contribution in [3.63, 3.8) is 0 Å². The summed E-state index contributed by atoms with van der Waals surface area (Å²) in [7, 11) is 0. The van der Waals surface area contributed by atoms with Crippen molar-refractivity contribution in [2.45, 2.75) is 50.7 Å². The van der Waals surface area contributed by atoms with Gasteiger partial charge >= 0.3 is 0 Å². The minimum absolute atomic E-state index is 0.0388. The van der Waals surface area contributed by atoms with Crippen molar-refractivity contribution in [3.8, 4) is 11.5 Å². The molecule has 2 aromatic rings. The van der Waals surface area contributed by atoms with Crippen molar-refractivity contribution in [2.24, 2.45) is 5.92 Å². The first-order valence-electron chi connectivity index (χ1n) is 11.2. The van der Waals surface area contributed by atoms with Crippen LogP contribution >= 0.6 is 0 Å². The molecule has 31 heavy (non-hydrogen) atoms. The molecule has 1 heterocycles. The summed E-state index contributed by atoms with van der Waals surface area (Å²) in [5.41, 5.74) is 1.11. The third kappa shape index (κ3) is 4.47. The lowest BCUT2D eigenvalue weighted by Gasteiger charge is -2.52. The van der Waals surface area contributed by atoms with Crippen LogP contribution in [0.3, 0.4) is 0 Å². The number of aromatic hydroxyl groups is 1. The molecule has 5 heteroatoms. The highest BCUT2D eigenvalue weighted by atomic mass is 16.5. The lowest BCUT2D eigenvalue weighted by molar-refractivity contribution is -0.150. The van der Waals surface area contributed by atoms with Crippen LogP contribution in [0.25, 0.3) is 6.08 Å². The number of phenols is 1. The van der Waals surface area contributed by atoms with E-state index in [0.29, 0.717) is 25.3 Å². The van der Waals surface area contributed by atoms with Crippen molar-refractivity contribution < 1.29 is 19.7 Å². The van der Waals surface area contributed by atoms with E-state index >= 15 is 0 Å². The van der Waals surface area contributed by atoms with E-state index in [2.05, 4.69) is 0 Å². The average molecular weight is 422 g/mol. The van der Waals surface area contributed by atoms with Gasteiger partial charge in [0.1, 0.15) is 0 Å². The molecule has 3 unspecified atom stereocenters. The first kappa shape index (κ1) is 21.4. The van der Waals surface area contributed by atoms with Crippen LogP contribution < -0.4 is 4.74 Å². The van der Waals surface area contributed by atoms with E-state index in [0.717, 1.165) is 36.8 Å². The summed E-state index contributed by atoms with van der Waals surface area (Å²) in [5, 5.41) is 21.6. The van der Waals surface area contributed by atoms with Crippen molar-refractivity contribution in [2.75, 3.05) is 13.2 Å². The number of aliphatic hydroxyl groups is 1. The minimum atomic E-state index is -0.757. The second kappa shape index (κ2) is 9.15. The molecule has 1 aliphatic carbocycles. The molecule has 0 radical (unpaired) electrons. The van der Waals surface area contributed by atoms with Gasteiger partial charge in [-0.25, -0.2) is 0 Å². The maximum Gasteiger partial charge on any atom is 0.247 e. The Morgan fingerprint density at radius 1 is 1.19 bits per heavy atom. The number of piperidine rings is 1. The lowest BCUT2D eigenvalue weighted by Crippen LogP contribution is -2.56. The number of amides is 1. The van der Waals surface area contributed by atoms with Gasteiger partial charge in [0.05, 0.1) is 18.2 Å². The van der Waals surface area contributed by atoms with Crippen LogP contribution in [0.2, 0.25) is 0 Å².